The molecule has 2 aromatic rings. The van der Waals surface area contributed by atoms with Gasteiger partial charge in [0.15, 0.2) is 11.9 Å². The lowest BCUT2D eigenvalue weighted by Gasteiger charge is -2.25. The number of hydrogen-bond acceptors (Lipinski definition) is 4. The number of ether oxygens (including phenoxy) is 3. The second-order valence-corrected chi connectivity index (χ2v) is 6.62. The van der Waals surface area contributed by atoms with Crippen molar-refractivity contribution in [1.29, 1.82) is 0 Å². The van der Waals surface area contributed by atoms with Gasteiger partial charge >= 0.3 is 5.97 Å². The van der Waals surface area contributed by atoms with Gasteiger partial charge < -0.3 is 19.3 Å². The van der Waals surface area contributed by atoms with Gasteiger partial charge in [0.2, 0.25) is 0 Å². The number of fused-ring (bicyclic) bond motifs is 1. The van der Waals surface area contributed by atoms with Crippen LogP contribution in [0.15, 0.2) is 84.7 Å². The molecule has 0 bridgehead atoms. The third-order valence-corrected chi connectivity index (χ3v) is 4.76. The molecule has 0 spiro atoms. The zero-order chi connectivity index (χ0) is 19.3. The molecule has 1 atom stereocenters. The van der Waals surface area contributed by atoms with Crippen molar-refractivity contribution < 1.29 is 24.1 Å². The molecule has 0 saturated heterocycles. The molecule has 2 aromatic carbocycles. The largest absolute Gasteiger partial charge is 0.480 e. The van der Waals surface area contributed by atoms with Gasteiger partial charge in [0.25, 0.3) is 0 Å². The van der Waals surface area contributed by atoms with Gasteiger partial charge in [-0.1, -0.05) is 54.1 Å². The van der Waals surface area contributed by atoms with Crippen molar-refractivity contribution in [2.45, 2.75) is 25.4 Å². The summed E-state index contributed by atoms with van der Waals surface area (Å²) >= 11 is 0. The fourth-order valence-electron chi connectivity index (χ4n) is 3.37. The smallest absolute Gasteiger partial charge is 0.339 e. The molecule has 4 rings (SSSR count). The molecular weight excluding hydrogens is 356 g/mol. The van der Waals surface area contributed by atoms with Gasteiger partial charge in [-0.2, -0.15) is 0 Å². The van der Waals surface area contributed by atoms with Crippen molar-refractivity contribution in [2.75, 3.05) is 0 Å². The van der Waals surface area contributed by atoms with Gasteiger partial charge in [-0.15, -0.1) is 0 Å². The lowest BCUT2D eigenvalue weighted by atomic mass is 9.98. The van der Waals surface area contributed by atoms with E-state index in [9.17, 15) is 9.90 Å². The van der Waals surface area contributed by atoms with Crippen LogP contribution in [-0.2, 0) is 9.47 Å². The molecule has 1 aliphatic carbocycles. The Morgan fingerprint density at radius 1 is 1.18 bits per heavy atom. The van der Waals surface area contributed by atoms with Gasteiger partial charge in [0.1, 0.15) is 30.1 Å². The van der Waals surface area contributed by atoms with E-state index in [1.165, 1.54) is 24.4 Å². The van der Waals surface area contributed by atoms with Crippen LogP contribution in [0.1, 0.15) is 29.6 Å². The third-order valence-electron chi connectivity index (χ3n) is 4.76. The summed E-state index contributed by atoms with van der Waals surface area (Å²) in [7, 11) is 0. The second-order valence-electron chi connectivity index (χ2n) is 6.62. The maximum absolute atomic E-state index is 11.8. The van der Waals surface area contributed by atoms with E-state index in [2.05, 4.69) is 12.2 Å². The molecule has 142 valence electrons. The topological polar surface area (TPSA) is 65.0 Å². The van der Waals surface area contributed by atoms with Gasteiger partial charge in [-0.25, -0.2) is 4.79 Å². The fourth-order valence-corrected chi connectivity index (χ4v) is 3.37. The number of aromatic carboxylic acids is 1. The first kappa shape index (κ1) is 17.9. The Bertz CT molecular complexity index is 1010. The number of hydrogen-bond donors (Lipinski definition) is 1. The SMILES string of the molecule is O=C(O)c1ccc2ccccc2c1OC(CC1=CC=CCC1)C1=COC=CO1. The molecule has 0 aromatic heterocycles. The van der Waals surface area contributed by atoms with Crippen molar-refractivity contribution in [1.82, 2.24) is 0 Å². The monoisotopic (exact) mass is 376 g/mol. The number of rotatable bonds is 6. The zero-order valence-corrected chi connectivity index (χ0v) is 15.2. The molecule has 28 heavy (non-hydrogen) atoms. The summed E-state index contributed by atoms with van der Waals surface area (Å²) in [4.78, 5) is 11.8. The van der Waals surface area contributed by atoms with E-state index in [1.54, 1.807) is 12.1 Å². The van der Waals surface area contributed by atoms with Crippen molar-refractivity contribution in [3.63, 3.8) is 0 Å². The van der Waals surface area contributed by atoms with Crippen LogP contribution in [0.25, 0.3) is 10.8 Å². The summed E-state index contributed by atoms with van der Waals surface area (Å²) in [5.41, 5.74) is 1.33. The summed E-state index contributed by atoms with van der Waals surface area (Å²) in [6, 6.07) is 10.9. The van der Waals surface area contributed by atoms with E-state index < -0.39 is 12.1 Å². The number of carbonyl (C=O) groups is 1. The van der Waals surface area contributed by atoms with E-state index in [4.69, 9.17) is 14.2 Å². The predicted molar refractivity (Wildman–Crippen MR) is 106 cm³/mol. The molecule has 1 heterocycles. The molecule has 0 amide bonds. The molecular formula is C23H20O5. The Labute approximate surface area is 162 Å². The van der Waals surface area contributed by atoms with Crippen molar-refractivity contribution in [3.05, 3.63) is 90.3 Å². The minimum Gasteiger partial charge on any atom is -0.480 e. The van der Waals surface area contributed by atoms with E-state index in [0.717, 1.165) is 23.6 Å². The molecule has 0 fully saturated rings. The maximum atomic E-state index is 11.8. The number of carboxylic acid groups (broad SMARTS) is 1. The Hall–Kier alpha value is -3.47. The van der Waals surface area contributed by atoms with E-state index in [0.29, 0.717) is 17.9 Å². The van der Waals surface area contributed by atoms with Gasteiger partial charge in [0.05, 0.1) is 0 Å². The minimum atomic E-state index is -1.03. The Balaban J connectivity index is 1.74. The molecule has 1 N–H and O–H groups in total. The molecule has 0 radical (unpaired) electrons. The number of carboxylic acids is 1. The average Bonchev–Trinajstić information content (AvgIpc) is 2.74. The Kier molecular flexibility index (Phi) is 5.15. The highest BCUT2D eigenvalue weighted by Crippen LogP contribution is 2.34. The lowest BCUT2D eigenvalue weighted by molar-refractivity contribution is 0.0687. The van der Waals surface area contributed by atoms with E-state index in [1.807, 2.05) is 30.3 Å². The molecule has 1 unspecified atom stereocenters. The van der Waals surface area contributed by atoms with Crippen molar-refractivity contribution in [2.24, 2.45) is 0 Å². The molecule has 2 aliphatic rings. The summed E-state index contributed by atoms with van der Waals surface area (Å²) in [6.07, 6.45) is 12.6. The minimum absolute atomic E-state index is 0.120. The number of benzene rings is 2. The third kappa shape index (κ3) is 3.78. The predicted octanol–water partition coefficient (Wildman–Crippen LogP) is 5.31. The van der Waals surface area contributed by atoms with Crippen molar-refractivity contribution in [3.8, 4) is 5.75 Å². The highest BCUT2D eigenvalue weighted by atomic mass is 16.6. The van der Waals surface area contributed by atoms with Gasteiger partial charge in [-0.05, 0) is 24.3 Å². The summed E-state index contributed by atoms with van der Waals surface area (Å²) < 4.78 is 17.2. The maximum Gasteiger partial charge on any atom is 0.339 e. The van der Waals surface area contributed by atoms with Crippen LogP contribution >= 0.6 is 0 Å². The highest BCUT2D eigenvalue weighted by Gasteiger charge is 2.25. The average molecular weight is 376 g/mol. The Morgan fingerprint density at radius 3 is 2.82 bits per heavy atom. The van der Waals surface area contributed by atoms with Crippen LogP contribution in [0.4, 0.5) is 0 Å². The summed E-state index contributed by atoms with van der Waals surface area (Å²) in [6.45, 7) is 0. The summed E-state index contributed by atoms with van der Waals surface area (Å²) in [5.74, 6) is -0.196. The molecule has 0 saturated carbocycles. The number of allylic oxidation sites excluding steroid dienone is 3. The van der Waals surface area contributed by atoms with Crippen molar-refractivity contribution >= 4 is 16.7 Å². The zero-order valence-electron chi connectivity index (χ0n) is 15.2. The normalized spacial score (nSPS) is 16.6. The highest BCUT2D eigenvalue weighted by molar-refractivity contribution is 6.00. The lowest BCUT2D eigenvalue weighted by Crippen LogP contribution is -2.23. The molecule has 5 nitrogen and oxygen atoms in total. The standard InChI is InChI=1S/C23H20O5/c24-23(25)19-11-10-17-8-4-5-9-18(17)22(19)28-20(21-15-26-12-13-27-21)14-16-6-2-1-3-7-16/h1-2,4-6,8-13,15,20H,3,7,14H2,(H,24,25). The van der Waals surface area contributed by atoms with Gasteiger partial charge in [0, 0.05) is 11.8 Å². The van der Waals surface area contributed by atoms with Crippen LogP contribution in [0.2, 0.25) is 0 Å². The van der Waals surface area contributed by atoms with Crippen LogP contribution in [-0.4, -0.2) is 17.2 Å². The fraction of sp³-hybridized carbons (Fsp3) is 0.174. The summed E-state index contributed by atoms with van der Waals surface area (Å²) in [5, 5.41) is 11.3. The second kappa shape index (κ2) is 8.05. The first-order chi connectivity index (χ1) is 13.7. The molecule has 1 aliphatic heterocycles. The first-order valence-corrected chi connectivity index (χ1v) is 9.16. The Morgan fingerprint density at radius 2 is 2.07 bits per heavy atom. The van der Waals surface area contributed by atoms with Crippen LogP contribution < -0.4 is 4.74 Å². The van der Waals surface area contributed by atoms with Crippen LogP contribution in [0, 0.1) is 0 Å². The van der Waals surface area contributed by atoms with Crippen LogP contribution in [0.3, 0.4) is 0 Å². The quantitative estimate of drug-likeness (QED) is 0.740. The van der Waals surface area contributed by atoms with Gasteiger partial charge in [-0.3, -0.25) is 0 Å². The van der Waals surface area contributed by atoms with Crippen LogP contribution in [0.5, 0.6) is 5.75 Å². The van der Waals surface area contributed by atoms with E-state index >= 15 is 0 Å². The molecule has 5 heteroatoms. The first-order valence-electron chi connectivity index (χ1n) is 9.16. The van der Waals surface area contributed by atoms with E-state index in [-0.39, 0.29) is 5.56 Å².